The minimum atomic E-state index is -0.340. The lowest BCUT2D eigenvalue weighted by Crippen LogP contribution is -2.59. The van der Waals surface area contributed by atoms with Crippen LogP contribution in [0.25, 0.3) is 0 Å². The Morgan fingerprint density at radius 1 is 1.43 bits per heavy atom. The van der Waals surface area contributed by atoms with Crippen LogP contribution in [0.5, 0.6) is 0 Å². The first-order chi connectivity index (χ1) is 11.1. The summed E-state index contributed by atoms with van der Waals surface area (Å²) >= 11 is 0. The van der Waals surface area contributed by atoms with E-state index in [0.29, 0.717) is 19.1 Å². The van der Waals surface area contributed by atoms with Crippen molar-refractivity contribution in [3.8, 4) is 0 Å². The highest BCUT2D eigenvalue weighted by Crippen LogP contribution is 2.26. The Morgan fingerprint density at radius 3 is 2.91 bits per heavy atom. The van der Waals surface area contributed by atoms with Gasteiger partial charge in [0.25, 0.3) is 0 Å². The van der Waals surface area contributed by atoms with E-state index in [9.17, 15) is 9.59 Å². The lowest BCUT2D eigenvalue weighted by molar-refractivity contribution is -0.135. The molecule has 0 bridgehead atoms. The first-order valence-corrected chi connectivity index (χ1v) is 8.44. The van der Waals surface area contributed by atoms with Crippen molar-refractivity contribution in [1.82, 2.24) is 25.7 Å². The van der Waals surface area contributed by atoms with Gasteiger partial charge in [-0.15, -0.1) is 0 Å². The first-order valence-electron chi connectivity index (χ1n) is 8.44. The molecule has 23 heavy (non-hydrogen) atoms. The molecular weight excluding hydrogens is 294 g/mol. The molecule has 1 aromatic rings. The zero-order valence-electron chi connectivity index (χ0n) is 13.6. The maximum Gasteiger partial charge on any atom is 0.237 e. The first kappa shape index (κ1) is 16.0. The van der Waals surface area contributed by atoms with Crippen molar-refractivity contribution >= 4 is 11.8 Å². The van der Waals surface area contributed by atoms with Crippen LogP contribution in [-0.2, 0) is 16.1 Å². The van der Waals surface area contributed by atoms with Crippen molar-refractivity contribution in [1.29, 1.82) is 0 Å². The van der Waals surface area contributed by atoms with E-state index in [4.69, 9.17) is 0 Å². The van der Waals surface area contributed by atoms with Crippen molar-refractivity contribution in [2.24, 2.45) is 0 Å². The van der Waals surface area contributed by atoms with Gasteiger partial charge in [0.2, 0.25) is 11.8 Å². The average Bonchev–Trinajstić information content (AvgIpc) is 3.19. The topological polar surface area (TPSA) is 90.1 Å². The number of hydrogen-bond acceptors (Lipinski definition) is 4. The summed E-state index contributed by atoms with van der Waals surface area (Å²) in [5.74, 6) is -0.121. The third-order valence-corrected chi connectivity index (χ3v) is 4.77. The molecule has 0 aromatic carbocycles. The second kappa shape index (κ2) is 7.12. The van der Waals surface area contributed by atoms with Gasteiger partial charge in [-0.3, -0.25) is 19.6 Å². The maximum absolute atomic E-state index is 12.2. The molecule has 1 saturated heterocycles. The highest BCUT2D eigenvalue weighted by atomic mass is 16.2. The Hall–Kier alpha value is -1.89. The molecule has 1 aromatic heterocycles. The molecule has 3 rings (SSSR count). The Kier molecular flexibility index (Phi) is 4.95. The summed E-state index contributed by atoms with van der Waals surface area (Å²) in [6.07, 6.45) is 4.93. The molecule has 1 aliphatic carbocycles. The summed E-state index contributed by atoms with van der Waals surface area (Å²) in [6, 6.07) is 2.01. The van der Waals surface area contributed by atoms with Gasteiger partial charge in [0.1, 0.15) is 0 Å². The molecule has 3 N–H and O–H groups in total. The summed E-state index contributed by atoms with van der Waals surface area (Å²) in [6.45, 7) is 3.83. The fourth-order valence-corrected chi connectivity index (χ4v) is 3.62. The zero-order chi connectivity index (χ0) is 16.2. The molecule has 7 heteroatoms. The van der Waals surface area contributed by atoms with Crippen molar-refractivity contribution in [3.05, 3.63) is 17.5 Å². The Balaban J connectivity index is 1.56. The molecule has 2 heterocycles. The van der Waals surface area contributed by atoms with Crippen molar-refractivity contribution in [2.75, 3.05) is 13.1 Å². The predicted molar refractivity (Wildman–Crippen MR) is 85.5 cm³/mol. The number of hydrogen-bond donors (Lipinski definition) is 3. The predicted octanol–water partition coefficient (Wildman–Crippen LogP) is 0.467. The number of aromatic nitrogens is 2. The van der Waals surface area contributed by atoms with Crippen LogP contribution in [0.4, 0.5) is 0 Å². The summed E-state index contributed by atoms with van der Waals surface area (Å²) in [5.41, 5.74) is 1.77. The van der Waals surface area contributed by atoms with Crippen LogP contribution in [0.1, 0.15) is 43.5 Å². The van der Waals surface area contributed by atoms with E-state index in [2.05, 4.69) is 25.7 Å². The lowest BCUT2D eigenvalue weighted by Gasteiger charge is -2.38. The third-order valence-electron chi connectivity index (χ3n) is 4.77. The van der Waals surface area contributed by atoms with E-state index in [1.165, 1.54) is 12.8 Å². The highest BCUT2D eigenvalue weighted by Gasteiger charge is 2.36. The standard InChI is InChI=1S/C16H25N5O2/c1-11-8-12(20-19-11)10-18-15(22)9-14-16(23)17-6-7-21(14)13-4-2-3-5-13/h8,13-14H,2-7,9-10H2,1H3,(H,17,23)(H,18,22)(H,19,20)/t14-/m1/s1. The smallest absolute Gasteiger partial charge is 0.237 e. The fourth-order valence-electron chi connectivity index (χ4n) is 3.62. The molecule has 2 aliphatic rings. The van der Waals surface area contributed by atoms with Gasteiger partial charge in [0, 0.05) is 24.8 Å². The number of nitrogens with one attached hydrogen (secondary N) is 3. The Bertz CT molecular complexity index is 565. The van der Waals surface area contributed by atoms with Gasteiger partial charge in [0.15, 0.2) is 0 Å². The number of amides is 2. The molecule has 2 fully saturated rings. The van der Waals surface area contributed by atoms with Crippen LogP contribution >= 0.6 is 0 Å². The maximum atomic E-state index is 12.2. The molecule has 0 radical (unpaired) electrons. The minimum absolute atomic E-state index is 0.0195. The molecule has 1 aliphatic heterocycles. The Labute approximate surface area is 136 Å². The monoisotopic (exact) mass is 319 g/mol. The van der Waals surface area contributed by atoms with Gasteiger partial charge in [0.05, 0.1) is 24.7 Å². The molecule has 126 valence electrons. The van der Waals surface area contributed by atoms with Gasteiger partial charge >= 0.3 is 0 Å². The summed E-state index contributed by atoms with van der Waals surface area (Å²) in [7, 11) is 0. The van der Waals surface area contributed by atoms with Gasteiger partial charge in [-0.2, -0.15) is 5.10 Å². The summed E-state index contributed by atoms with van der Waals surface area (Å²) in [4.78, 5) is 26.7. The number of nitrogens with zero attached hydrogens (tertiary/aromatic N) is 2. The van der Waals surface area contributed by atoms with Crippen LogP contribution in [0.15, 0.2) is 6.07 Å². The highest BCUT2D eigenvalue weighted by molar-refractivity contribution is 5.88. The van der Waals surface area contributed by atoms with E-state index in [1.807, 2.05) is 13.0 Å². The van der Waals surface area contributed by atoms with Crippen LogP contribution < -0.4 is 10.6 Å². The molecule has 1 saturated carbocycles. The van der Waals surface area contributed by atoms with Crippen molar-refractivity contribution in [2.45, 2.75) is 57.7 Å². The van der Waals surface area contributed by atoms with E-state index >= 15 is 0 Å². The van der Waals surface area contributed by atoms with Gasteiger partial charge in [-0.05, 0) is 25.8 Å². The number of H-pyrrole nitrogens is 1. The summed E-state index contributed by atoms with van der Waals surface area (Å²) in [5, 5.41) is 12.7. The lowest BCUT2D eigenvalue weighted by atomic mass is 10.0. The van der Waals surface area contributed by atoms with Gasteiger partial charge in [-0.1, -0.05) is 12.8 Å². The minimum Gasteiger partial charge on any atom is -0.353 e. The van der Waals surface area contributed by atoms with E-state index < -0.39 is 0 Å². The van der Waals surface area contributed by atoms with Gasteiger partial charge < -0.3 is 10.6 Å². The second-order valence-corrected chi connectivity index (χ2v) is 6.51. The second-order valence-electron chi connectivity index (χ2n) is 6.51. The number of carbonyl (C=O) groups excluding carboxylic acids is 2. The van der Waals surface area contributed by atoms with E-state index in [-0.39, 0.29) is 24.3 Å². The molecular formula is C16H25N5O2. The van der Waals surface area contributed by atoms with Crippen molar-refractivity contribution < 1.29 is 9.59 Å². The number of aryl methyl sites for hydroxylation is 1. The molecule has 1 atom stereocenters. The van der Waals surface area contributed by atoms with Crippen LogP contribution in [0, 0.1) is 6.92 Å². The molecule has 7 nitrogen and oxygen atoms in total. The Morgan fingerprint density at radius 2 is 2.22 bits per heavy atom. The number of rotatable bonds is 5. The number of aromatic amines is 1. The van der Waals surface area contributed by atoms with Crippen LogP contribution in [-0.4, -0.2) is 52.1 Å². The van der Waals surface area contributed by atoms with Gasteiger partial charge in [-0.25, -0.2) is 0 Å². The van der Waals surface area contributed by atoms with Crippen molar-refractivity contribution in [3.63, 3.8) is 0 Å². The van der Waals surface area contributed by atoms with Crippen LogP contribution in [0.3, 0.4) is 0 Å². The third kappa shape index (κ3) is 3.90. The molecule has 0 spiro atoms. The number of carbonyl (C=O) groups is 2. The molecule has 2 amide bonds. The van der Waals surface area contributed by atoms with E-state index in [0.717, 1.165) is 30.8 Å². The normalized spacial score (nSPS) is 23.0. The summed E-state index contributed by atoms with van der Waals surface area (Å²) < 4.78 is 0. The largest absolute Gasteiger partial charge is 0.353 e. The zero-order valence-corrected chi connectivity index (χ0v) is 13.6. The average molecular weight is 319 g/mol. The SMILES string of the molecule is Cc1cc(CNC(=O)C[C@@H]2C(=O)NCCN2C2CCCC2)n[nH]1. The molecule has 0 unspecified atom stereocenters. The van der Waals surface area contributed by atoms with E-state index in [1.54, 1.807) is 0 Å². The quantitative estimate of drug-likeness (QED) is 0.736. The fraction of sp³-hybridized carbons (Fsp3) is 0.688. The van der Waals surface area contributed by atoms with Crippen LogP contribution in [0.2, 0.25) is 0 Å². The number of piperazine rings is 1.